The quantitative estimate of drug-likeness (QED) is 0.663. The summed E-state index contributed by atoms with van der Waals surface area (Å²) in [5, 5.41) is 0. The molecule has 0 unspecified atom stereocenters. The van der Waals surface area contributed by atoms with Gasteiger partial charge in [-0.2, -0.15) is 0 Å². The van der Waals surface area contributed by atoms with Gasteiger partial charge in [-0.25, -0.2) is 0 Å². The number of hydrogen-bond donors (Lipinski definition) is 0. The van der Waals surface area contributed by atoms with Crippen LogP contribution in [0.4, 0.5) is 0 Å². The number of ether oxygens (including phenoxy) is 2. The van der Waals surface area contributed by atoms with E-state index in [4.69, 9.17) is 9.47 Å². The molecule has 5 heteroatoms. The van der Waals surface area contributed by atoms with Gasteiger partial charge in [0, 0.05) is 11.0 Å². The van der Waals surface area contributed by atoms with Gasteiger partial charge in [0.15, 0.2) is 0 Å². The van der Waals surface area contributed by atoms with Crippen LogP contribution in [-0.4, -0.2) is 25.0 Å². The van der Waals surface area contributed by atoms with E-state index in [2.05, 4.69) is 26.9 Å². The standard InChI is InChI=1S/C22H24BrNO3/c1-26-17-8-6-15(7-9-17)14-24-21(25)20-18(12-16(23)13-19(20)27-2)22(24)10-4-3-5-11-22/h6-9,12-13H,3-5,10-11,14H2,1-2H3. The first kappa shape index (κ1) is 18.4. The first-order valence-corrected chi connectivity index (χ1v) is 10.2. The molecule has 1 amide bonds. The summed E-state index contributed by atoms with van der Waals surface area (Å²) in [4.78, 5) is 15.6. The fourth-order valence-corrected chi connectivity index (χ4v) is 5.05. The molecule has 1 fully saturated rings. The summed E-state index contributed by atoms with van der Waals surface area (Å²) in [6, 6.07) is 12.0. The summed E-state index contributed by atoms with van der Waals surface area (Å²) in [6.45, 7) is 0.596. The van der Waals surface area contributed by atoms with Crippen LogP contribution in [0, 0.1) is 0 Å². The van der Waals surface area contributed by atoms with Gasteiger partial charge in [-0.15, -0.1) is 0 Å². The summed E-state index contributed by atoms with van der Waals surface area (Å²) in [7, 11) is 3.30. The molecule has 1 spiro atoms. The third kappa shape index (κ3) is 3.02. The van der Waals surface area contributed by atoms with Crippen molar-refractivity contribution in [2.24, 2.45) is 0 Å². The number of rotatable bonds is 4. The Morgan fingerprint density at radius 1 is 1.04 bits per heavy atom. The van der Waals surface area contributed by atoms with E-state index in [9.17, 15) is 4.79 Å². The maximum atomic E-state index is 13.5. The monoisotopic (exact) mass is 429 g/mol. The second kappa shape index (κ2) is 7.19. The van der Waals surface area contributed by atoms with Crippen molar-refractivity contribution in [2.75, 3.05) is 14.2 Å². The number of nitrogens with zero attached hydrogens (tertiary/aromatic N) is 1. The van der Waals surface area contributed by atoms with E-state index < -0.39 is 0 Å². The molecule has 27 heavy (non-hydrogen) atoms. The molecule has 4 rings (SSSR count). The SMILES string of the molecule is COc1ccc(CN2C(=O)c3c(OC)cc(Br)cc3C23CCCCC3)cc1. The summed E-state index contributed by atoms with van der Waals surface area (Å²) in [6.07, 6.45) is 5.51. The fourth-order valence-electron chi connectivity index (χ4n) is 4.62. The third-order valence-corrected chi connectivity index (χ3v) is 6.40. The van der Waals surface area contributed by atoms with Crippen LogP contribution in [0.3, 0.4) is 0 Å². The van der Waals surface area contributed by atoms with Crippen molar-refractivity contribution in [1.82, 2.24) is 4.90 Å². The van der Waals surface area contributed by atoms with E-state index in [1.807, 2.05) is 30.3 Å². The molecule has 0 N–H and O–H groups in total. The van der Waals surface area contributed by atoms with Gasteiger partial charge >= 0.3 is 0 Å². The number of carbonyl (C=O) groups is 1. The topological polar surface area (TPSA) is 38.8 Å². The Kier molecular flexibility index (Phi) is 4.89. The number of halogens is 1. The van der Waals surface area contributed by atoms with E-state index in [0.29, 0.717) is 12.3 Å². The minimum Gasteiger partial charge on any atom is -0.497 e. The molecular weight excluding hydrogens is 406 g/mol. The summed E-state index contributed by atoms with van der Waals surface area (Å²) < 4.78 is 11.8. The highest BCUT2D eigenvalue weighted by atomic mass is 79.9. The lowest BCUT2D eigenvalue weighted by Crippen LogP contribution is -2.44. The Hall–Kier alpha value is -2.01. The normalized spacial score (nSPS) is 17.9. The zero-order valence-corrected chi connectivity index (χ0v) is 17.3. The number of hydrogen-bond acceptors (Lipinski definition) is 3. The molecular formula is C22H24BrNO3. The van der Waals surface area contributed by atoms with Crippen molar-refractivity contribution in [3.63, 3.8) is 0 Å². The molecule has 1 aliphatic heterocycles. The average Bonchev–Trinajstić information content (AvgIpc) is 2.91. The van der Waals surface area contributed by atoms with E-state index >= 15 is 0 Å². The zero-order chi connectivity index (χ0) is 19.0. The van der Waals surface area contributed by atoms with Crippen LogP contribution in [0.2, 0.25) is 0 Å². The van der Waals surface area contributed by atoms with Gasteiger partial charge in [-0.1, -0.05) is 47.3 Å². The van der Waals surface area contributed by atoms with Crippen molar-refractivity contribution < 1.29 is 14.3 Å². The van der Waals surface area contributed by atoms with E-state index in [1.54, 1.807) is 14.2 Å². The predicted octanol–water partition coefficient (Wildman–Crippen LogP) is 5.28. The number of amides is 1. The molecule has 1 saturated carbocycles. The van der Waals surface area contributed by atoms with Crippen molar-refractivity contribution >= 4 is 21.8 Å². The molecule has 2 aromatic carbocycles. The summed E-state index contributed by atoms with van der Waals surface area (Å²) in [5.74, 6) is 1.56. The summed E-state index contributed by atoms with van der Waals surface area (Å²) in [5.41, 5.74) is 2.73. The van der Waals surface area contributed by atoms with E-state index in [1.165, 1.54) is 6.42 Å². The Balaban J connectivity index is 1.79. The summed E-state index contributed by atoms with van der Waals surface area (Å²) >= 11 is 3.61. The molecule has 2 aliphatic rings. The highest BCUT2D eigenvalue weighted by Gasteiger charge is 2.51. The Bertz CT molecular complexity index is 857. The second-order valence-corrected chi connectivity index (χ2v) is 8.28. The van der Waals surface area contributed by atoms with Gasteiger partial charge in [-0.05, 0) is 48.2 Å². The predicted molar refractivity (Wildman–Crippen MR) is 108 cm³/mol. The van der Waals surface area contributed by atoms with Crippen LogP contribution >= 0.6 is 15.9 Å². The largest absolute Gasteiger partial charge is 0.497 e. The Labute approximate surface area is 168 Å². The number of fused-ring (bicyclic) bond motifs is 2. The van der Waals surface area contributed by atoms with Crippen LogP contribution in [0.5, 0.6) is 11.5 Å². The molecule has 0 atom stereocenters. The molecule has 0 bridgehead atoms. The first-order valence-electron chi connectivity index (χ1n) is 9.42. The lowest BCUT2D eigenvalue weighted by atomic mass is 9.76. The van der Waals surface area contributed by atoms with Crippen molar-refractivity contribution in [3.8, 4) is 11.5 Å². The number of carbonyl (C=O) groups excluding carboxylic acids is 1. The second-order valence-electron chi connectivity index (χ2n) is 7.36. The van der Waals surface area contributed by atoms with Crippen LogP contribution in [0.1, 0.15) is 53.6 Å². The fraction of sp³-hybridized carbons (Fsp3) is 0.409. The molecule has 4 nitrogen and oxygen atoms in total. The van der Waals surface area contributed by atoms with Crippen LogP contribution in [0.15, 0.2) is 40.9 Å². The minimum absolute atomic E-state index is 0.0760. The Morgan fingerprint density at radius 3 is 2.37 bits per heavy atom. The number of benzene rings is 2. The number of methoxy groups -OCH3 is 2. The molecule has 142 valence electrons. The molecule has 1 aliphatic carbocycles. The molecule has 2 aromatic rings. The van der Waals surface area contributed by atoms with Gasteiger partial charge in [0.25, 0.3) is 5.91 Å². The van der Waals surface area contributed by atoms with Crippen molar-refractivity contribution in [1.29, 1.82) is 0 Å². The molecule has 0 radical (unpaired) electrons. The van der Waals surface area contributed by atoms with E-state index in [0.717, 1.165) is 52.6 Å². The van der Waals surface area contributed by atoms with Crippen LogP contribution < -0.4 is 9.47 Å². The van der Waals surface area contributed by atoms with Crippen molar-refractivity contribution in [3.05, 3.63) is 57.6 Å². The van der Waals surface area contributed by atoms with Gasteiger partial charge in [0.05, 0.1) is 25.3 Å². The Morgan fingerprint density at radius 2 is 1.74 bits per heavy atom. The molecule has 0 saturated heterocycles. The first-order chi connectivity index (χ1) is 13.1. The highest BCUT2D eigenvalue weighted by Crippen LogP contribution is 2.52. The lowest BCUT2D eigenvalue weighted by Gasteiger charge is -2.42. The van der Waals surface area contributed by atoms with Crippen molar-refractivity contribution in [2.45, 2.75) is 44.2 Å². The van der Waals surface area contributed by atoms with Gasteiger partial charge in [-0.3, -0.25) is 4.79 Å². The average molecular weight is 430 g/mol. The highest BCUT2D eigenvalue weighted by molar-refractivity contribution is 9.10. The van der Waals surface area contributed by atoms with E-state index in [-0.39, 0.29) is 11.4 Å². The maximum Gasteiger partial charge on any atom is 0.259 e. The van der Waals surface area contributed by atoms with Gasteiger partial charge < -0.3 is 14.4 Å². The molecule has 1 heterocycles. The smallest absolute Gasteiger partial charge is 0.259 e. The zero-order valence-electron chi connectivity index (χ0n) is 15.8. The minimum atomic E-state index is -0.234. The van der Waals surface area contributed by atoms with Gasteiger partial charge in [0.1, 0.15) is 11.5 Å². The van der Waals surface area contributed by atoms with Crippen LogP contribution in [-0.2, 0) is 12.1 Å². The maximum absolute atomic E-state index is 13.5. The van der Waals surface area contributed by atoms with Gasteiger partial charge in [0.2, 0.25) is 0 Å². The molecule has 0 aromatic heterocycles. The van der Waals surface area contributed by atoms with Crippen LogP contribution in [0.25, 0.3) is 0 Å². The lowest BCUT2D eigenvalue weighted by molar-refractivity contribution is 0.0386. The third-order valence-electron chi connectivity index (χ3n) is 5.94.